The minimum absolute atomic E-state index is 0.0324. The first-order chi connectivity index (χ1) is 12.1. The Hall–Kier alpha value is -2.17. The van der Waals surface area contributed by atoms with Gasteiger partial charge in [-0.05, 0) is 30.4 Å². The highest BCUT2D eigenvalue weighted by molar-refractivity contribution is 6.05. The number of rotatable bonds is 3. The number of hydrogen-bond acceptors (Lipinski definition) is 3. The van der Waals surface area contributed by atoms with Gasteiger partial charge in [0, 0.05) is 26.1 Å². The molecule has 5 heteroatoms. The Balaban J connectivity index is 1.36. The van der Waals surface area contributed by atoms with Crippen LogP contribution in [-0.2, 0) is 27.3 Å². The standard InChI is InChI=1S/C20H24N2O3/c23-18(21-11-9-14-5-1-2-6-15(14)13-21)10-12-22-19(24)16-7-3-4-8-17(16)20(22)25/h1-2,5-6,16-17H,3-4,7-13H2. The fourth-order valence-corrected chi connectivity index (χ4v) is 4.53. The molecule has 0 spiro atoms. The molecular weight excluding hydrogens is 316 g/mol. The predicted molar refractivity (Wildman–Crippen MR) is 92.3 cm³/mol. The van der Waals surface area contributed by atoms with E-state index in [0.717, 1.165) is 32.1 Å². The minimum Gasteiger partial charge on any atom is -0.338 e. The maximum absolute atomic E-state index is 12.6. The van der Waals surface area contributed by atoms with Crippen molar-refractivity contribution in [2.45, 2.75) is 45.1 Å². The molecule has 0 radical (unpaired) electrons. The van der Waals surface area contributed by atoms with Gasteiger partial charge in [-0.15, -0.1) is 0 Å². The summed E-state index contributed by atoms with van der Waals surface area (Å²) in [5.74, 6) is -0.320. The molecule has 2 fully saturated rings. The van der Waals surface area contributed by atoms with Crippen molar-refractivity contribution in [2.24, 2.45) is 11.8 Å². The van der Waals surface area contributed by atoms with Crippen molar-refractivity contribution >= 4 is 17.7 Å². The second-order valence-corrected chi connectivity index (χ2v) is 7.41. The molecule has 1 aromatic carbocycles. The molecule has 1 saturated carbocycles. The molecule has 1 aromatic rings. The summed E-state index contributed by atoms with van der Waals surface area (Å²) in [4.78, 5) is 40.7. The van der Waals surface area contributed by atoms with Crippen LogP contribution in [0.5, 0.6) is 0 Å². The molecule has 2 heterocycles. The first-order valence-corrected chi connectivity index (χ1v) is 9.35. The van der Waals surface area contributed by atoms with Crippen LogP contribution in [0.15, 0.2) is 24.3 Å². The number of amides is 3. The van der Waals surface area contributed by atoms with Gasteiger partial charge in [0.15, 0.2) is 0 Å². The second kappa shape index (κ2) is 6.62. The highest BCUT2D eigenvalue weighted by Gasteiger charge is 2.47. The summed E-state index contributed by atoms with van der Waals surface area (Å²) in [6.07, 6.45) is 4.80. The van der Waals surface area contributed by atoms with Crippen molar-refractivity contribution in [2.75, 3.05) is 13.1 Å². The number of hydrogen-bond donors (Lipinski definition) is 0. The molecule has 1 aliphatic carbocycles. The fourth-order valence-electron chi connectivity index (χ4n) is 4.53. The van der Waals surface area contributed by atoms with E-state index in [1.807, 2.05) is 17.0 Å². The second-order valence-electron chi connectivity index (χ2n) is 7.41. The molecule has 1 saturated heterocycles. The molecule has 0 aromatic heterocycles. The van der Waals surface area contributed by atoms with Gasteiger partial charge in [0.1, 0.15) is 0 Å². The van der Waals surface area contributed by atoms with Gasteiger partial charge in [0.05, 0.1) is 11.8 Å². The Kier molecular flexibility index (Phi) is 4.32. The first-order valence-electron chi connectivity index (χ1n) is 9.35. The number of carbonyl (C=O) groups excluding carboxylic acids is 3. The molecule has 2 aliphatic heterocycles. The van der Waals surface area contributed by atoms with Crippen molar-refractivity contribution in [3.8, 4) is 0 Å². The van der Waals surface area contributed by atoms with Crippen LogP contribution in [0.1, 0.15) is 43.2 Å². The Morgan fingerprint density at radius 3 is 2.32 bits per heavy atom. The predicted octanol–water partition coefficient (Wildman–Crippen LogP) is 2.14. The zero-order valence-corrected chi connectivity index (χ0v) is 14.4. The highest BCUT2D eigenvalue weighted by atomic mass is 16.2. The molecule has 3 aliphatic rings. The average Bonchev–Trinajstić information content (AvgIpc) is 2.90. The first kappa shape index (κ1) is 16.3. The monoisotopic (exact) mass is 340 g/mol. The smallest absolute Gasteiger partial charge is 0.233 e. The quantitative estimate of drug-likeness (QED) is 0.792. The summed E-state index contributed by atoms with van der Waals surface area (Å²) < 4.78 is 0. The topological polar surface area (TPSA) is 57.7 Å². The Labute approximate surface area is 148 Å². The Morgan fingerprint density at radius 1 is 1.00 bits per heavy atom. The zero-order valence-electron chi connectivity index (χ0n) is 14.4. The van der Waals surface area contributed by atoms with E-state index in [0.29, 0.717) is 13.1 Å². The van der Waals surface area contributed by atoms with Gasteiger partial charge in [0.2, 0.25) is 17.7 Å². The highest BCUT2D eigenvalue weighted by Crippen LogP contribution is 2.38. The van der Waals surface area contributed by atoms with Crippen LogP contribution in [0.25, 0.3) is 0 Å². The van der Waals surface area contributed by atoms with Crippen LogP contribution < -0.4 is 0 Å². The normalized spacial score (nSPS) is 25.8. The molecule has 0 N–H and O–H groups in total. The molecule has 2 unspecified atom stereocenters. The van der Waals surface area contributed by atoms with E-state index in [9.17, 15) is 14.4 Å². The van der Waals surface area contributed by atoms with Crippen molar-refractivity contribution in [3.05, 3.63) is 35.4 Å². The maximum atomic E-state index is 12.6. The molecule has 132 valence electrons. The lowest BCUT2D eigenvalue weighted by atomic mass is 9.81. The lowest BCUT2D eigenvalue weighted by molar-refractivity contribution is -0.141. The van der Waals surface area contributed by atoms with Crippen LogP contribution in [0.2, 0.25) is 0 Å². The summed E-state index contributed by atoms with van der Waals surface area (Å²) in [5.41, 5.74) is 2.50. The van der Waals surface area contributed by atoms with E-state index in [4.69, 9.17) is 0 Å². The average molecular weight is 340 g/mol. The van der Waals surface area contributed by atoms with E-state index in [2.05, 4.69) is 12.1 Å². The van der Waals surface area contributed by atoms with Crippen molar-refractivity contribution in [1.29, 1.82) is 0 Å². The molecule has 2 atom stereocenters. The van der Waals surface area contributed by atoms with E-state index >= 15 is 0 Å². The third kappa shape index (κ3) is 2.96. The van der Waals surface area contributed by atoms with E-state index < -0.39 is 0 Å². The van der Waals surface area contributed by atoms with Crippen molar-refractivity contribution in [3.63, 3.8) is 0 Å². The summed E-state index contributed by atoms with van der Waals surface area (Å²) in [6, 6.07) is 8.20. The fraction of sp³-hybridized carbons (Fsp3) is 0.550. The zero-order chi connectivity index (χ0) is 17.4. The maximum Gasteiger partial charge on any atom is 0.233 e. The summed E-state index contributed by atoms with van der Waals surface area (Å²) >= 11 is 0. The molecular formula is C20H24N2O3. The van der Waals surface area contributed by atoms with Gasteiger partial charge in [0.25, 0.3) is 0 Å². The number of benzene rings is 1. The van der Waals surface area contributed by atoms with Crippen molar-refractivity contribution < 1.29 is 14.4 Å². The molecule has 0 bridgehead atoms. The Bertz CT molecular complexity index is 691. The lowest BCUT2D eigenvalue weighted by Crippen LogP contribution is -2.39. The third-order valence-electron chi connectivity index (χ3n) is 5.97. The van der Waals surface area contributed by atoms with E-state index in [1.54, 1.807) is 0 Å². The molecule has 25 heavy (non-hydrogen) atoms. The van der Waals surface area contributed by atoms with E-state index in [-0.39, 0.29) is 42.5 Å². The summed E-state index contributed by atoms with van der Waals surface area (Å²) in [7, 11) is 0. The Morgan fingerprint density at radius 2 is 1.64 bits per heavy atom. The third-order valence-corrected chi connectivity index (χ3v) is 5.97. The van der Waals surface area contributed by atoms with Crippen LogP contribution >= 0.6 is 0 Å². The van der Waals surface area contributed by atoms with Gasteiger partial charge >= 0.3 is 0 Å². The number of nitrogens with zero attached hydrogens (tertiary/aromatic N) is 2. The van der Waals surface area contributed by atoms with Gasteiger partial charge in [-0.3, -0.25) is 19.3 Å². The van der Waals surface area contributed by atoms with Crippen molar-refractivity contribution in [1.82, 2.24) is 9.80 Å². The molecule has 4 rings (SSSR count). The SMILES string of the molecule is O=C(CCN1C(=O)C2CCCCC2C1=O)N1CCc2ccccc2C1. The van der Waals surface area contributed by atoms with E-state index in [1.165, 1.54) is 16.0 Å². The number of likely N-dealkylation sites (tertiary alicyclic amines) is 1. The summed E-state index contributed by atoms with van der Waals surface area (Å²) in [6.45, 7) is 1.58. The van der Waals surface area contributed by atoms with Gasteiger partial charge in [-0.25, -0.2) is 0 Å². The van der Waals surface area contributed by atoms with Crippen LogP contribution in [0.4, 0.5) is 0 Å². The van der Waals surface area contributed by atoms with Crippen LogP contribution in [-0.4, -0.2) is 40.6 Å². The van der Waals surface area contributed by atoms with Gasteiger partial charge in [-0.1, -0.05) is 37.1 Å². The number of carbonyl (C=O) groups is 3. The molecule has 3 amide bonds. The van der Waals surface area contributed by atoms with Gasteiger partial charge < -0.3 is 4.90 Å². The largest absolute Gasteiger partial charge is 0.338 e. The molecule has 5 nitrogen and oxygen atoms in total. The number of fused-ring (bicyclic) bond motifs is 2. The summed E-state index contributed by atoms with van der Waals surface area (Å²) in [5, 5.41) is 0. The van der Waals surface area contributed by atoms with Crippen LogP contribution in [0.3, 0.4) is 0 Å². The van der Waals surface area contributed by atoms with Gasteiger partial charge in [-0.2, -0.15) is 0 Å². The minimum atomic E-state index is -0.127. The number of imide groups is 1. The van der Waals surface area contributed by atoms with Crippen LogP contribution in [0, 0.1) is 11.8 Å². The lowest BCUT2D eigenvalue weighted by Gasteiger charge is -2.29.